The van der Waals surface area contributed by atoms with Crippen LogP contribution in [0.1, 0.15) is 43.9 Å². The van der Waals surface area contributed by atoms with Crippen LogP contribution in [0.25, 0.3) is 11.0 Å². The van der Waals surface area contributed by atoms with Gasteiger partial charge in [-0.3, -0.25) is 0 Å². The third kappa shape index (κ3) is 2.56. The first-order chi connectivity index (χ1) is 9.06. The average molecular weight is 326 g/mol. The van der Waals surface area contributed by atoms with Gasteiger partial charge in [-0.05, 0) is 30.9 Å². The molecule has 1 aromatic heterocycles. The second-order valence-corrected chi connectivity index (χ2v) is 6.43. The molecule has 2 nitrogen and oxygen atoms in total. The molecule has 0 aliphatic heterocycles. The van der Waals surface area contributed by atoms with E-state index in [4.69, 9.17) is 4.42 Å². The highest BCUT2D eigenvalue weighted by molar-refractivity contribution is 9.10. The highest BCUT2D eigenvalue weighted by atomic mass is 79.9. The lowest BCUT2D eigenvalue weighted by molar-refractivity contribution is 0.472. The minimum absolute atomic E-state index is 0.290. The van der Waals surface area contributed by atoms with Crippen LogP contribution in [0.2, 0.25) is 0 Å². The van der Waals surface area contributed by atoms with Crippen molar-refractivity contribution in [2.75, 3.05) is 0 Å². The summed E-state index contributed by atoms with van der Waals surface area (Å²) in [5.74, 6) is 1.14. The Kier molecular flexibility index (Phi) is 3.39. The molecule has 4 heteroatoms. The van der Waals surface area contributed by atoms with Crippen molar-refractivity contribution in [1.29, 1.82) is 0 Å². The molecule has 1 aliphatic carbocycles. The minimum atomic E-state index is -0.290. The molecule has 1 aliphatic rings. The molecule has 0 unspecified atom stereocenters. The first-order valence-electron chi connectivity index (χ1n) is 6.70. The monoisotopic (exact) mass is 325 g/mol. The molecule has 2 aromatic rings. The van der Waals surface area contributed by atoms with Crippen LogP contribution >= 0.6 is 15.9 Å². The highest BCUT2D eigenvalue weighted by Gasteiger charge is 2.31. The van der Waals surface area contributed by atoms with Gasteiger partial charge in [-0.2, -0.15) is 0 Å². The van der Waals surface area contributed by atoms with E-state index in [1.54, 1.807) is 0 Å². The van der Waals surface area contributed by atoms with Crippen molar-refractivity contribution < 1.29 is 8.81 Å². The summed E-state index contributed by atoms with van der Waals surface area (Å²) in [6, 6.07) is 3.81. The first kappa shape index (κ1) is 13.1. The Bertz CT molecular complexity index is 616. The summed E-state index contributed by atoms with van der Waals surface area (Å²) in [6.07, 6.45) is 2.36. The minimum Gasteiger partial charge on any atom is -0.456 e. The molecule has 0 saturated heterocycles. The lowest BCUT2D eigenvalue weighted by atomic mass is 10.1. The third-order valence-electron chi connectivity index (χ3n) is 3.48. The fraction of sp³-hybridized carbons (Fsp3) is 0.467. The van der Waals surface area contributed by atoms with Crippen LogP contribution < -0.4 is 5.32 Å². The summed E-state index contributed by atoms with van der Waals surface area (Å²) in [5.41, 5.74) is 1.59. The van der Waals surface area contributed by atoms with Gasteiger partial charge in [-0.15, -0.1) is 0 Å². The lowest BCUT2D eigenvalue weighted by Gasteiger charge is -2.07. The Hall–Kier alpha value is -0.870. The number of hydrogen-bond acceptors (Lipinski definition) is 2. The summed E-state index contributed by atoms with van der Waals surface area (Å²) in [7, 11) is 0. The van der Waals surface area contributed by atoms with Gasteiger partial charge in [0.15, 0.2) is 11.4 Å². The summed E-state index contributed by atoms with van der Waals surface area (Å²) < 4.78 is 20.5. The standard InChI is InChI=1S/C15H17BrFNO/c1-8(2)18-7-13-14(9-3-4-9)11-5-10(16)6-12(17)15(11)19-13/h5-6,8-9,18H,3-4,7H2,1-2H3. The molecule has 1 N–H and O–H groups in total. The fourth-order valence-corrected chi connectivity index (χ4v) is 2.87. The molecular weight excluding hydrogens is 309 g/mol. The molecule has 1 fully saturated rings. The van der Waals surface area contributed by atoms with E-state index in [1.165, 1.54) is 24.5 Å². The number of halogens is 2. The molecule has 0 atom stereocenters. The largest absolute Gasteiger partial charge is 0.456 e. The SMILES string of the molecule is CC(C)NCc1oc2c(F)cc(Br)cc2c1C1CC1. The smallest absolute Gasteiger partial charge is 0.170 e. The van der Waals surface area contributed by atoms with Crippen LogP contribution in [0.5, 0.6) is 0 Å². The zero-order valence-corrected chi connectivity index (χ0v) is 12.7. The molecule has 1 heterocycles. The lowest BCUT2D eigenvalue weighted by Crippen LogP contribution is -2.22. The van der Waals surface area contributed by atoms with Gasteiger partial charge in [0.05, 0.1) is 6.54 Å². The van der Waals surface area contributed by atoms with E-state index < -0.39 is 0 Å². The fourth-order valence-electron chi connectivity index (χ4n) is 2.44. The maximum Gasteiger partial charge on any atom is 0.170 e. The van der Waals surface area contributed by atoms with Gasteiger partial charge < -0.3 is 9.73 Å². The van der Waals surface area contributed by atoms with Crippen LogP contribution in [0.4, 0.5) is 4.39 Å². The zero-order valence-electron chi connectivity index (χ0n) is 11.1. The maximum absolute atomic E-state index is 14.0. The van der Waals surface area contributed by atoms with Gasteiger partial charge >= 0.3 is 0 Å². The molecule has 0 radical (unpaired) electrons. The first-order valence-corrected chi connectivity index (χ1v) is 7.49. The van der Waals surface area contributed by atoms with Gasteiger partial charge in [-0.1, -0.05) is 29.8 Å². The van der Waals surface area contributed by atoms with Crippen molar-refractivity contribution in [2.24, 2.45) is 0 Å². The van der Waals surface area contributed by atoms with Crippen molar-refractivity contribution in [3.05, 3.63) is 33.7 Å². The normalized spacial score (nSPS) is 15.6. The Morgan fingerprint density at radius 3 is 2.79 bits per heavy atom. The number of furan rings is 1. The predicted octanol–water partition coefficient (Wildman–Crippen LogP) is 4.71. The Morgan fingerprint density at radius 1 is 1.42 bits per heavy atom. The third-order valence-corrected chi connectivity index (χ3v) is 3.94. The average Bonchev–Trinajstić information content (AvgIpc) is 3.08. The molecule has 0 spiro atoms. The number of hydrogen-bond donors (Lipinski definition) is 1. The van der Waals surface area contributed by atoms with Crippen LogP contribution in [-0.4, -0.2) is 6.04 Å². The van der Waals surface area contributed by atoms with Crippen LogP contribution in [0, 0.1) is 5.82 Å². The van der Waals surface area contributed by atoms with Crippen LogP contribution in [0.15, 0.2) is 21.0 Å². The summed E-state index contributed by atoms with van der Waals surface area (Å²) in [5, 5.41) is 4.28. The number of benzene rings is 1. The van der Waals surface area contributed by atoms with E-state index in [-0.39, 0.29) is 5.82 Å². The van der Waals surface area contributed by atoms with Crippen molar-refractivity contribution in [2.45, 2.75) is 45.2 Å². The quantitative estimate of drug-likeness (QED) is 0.880. The van der Waals surface area contributed by atoms with Crippen molar-refractivity contribution in [3.8, 4) is 0 Å². The molecule has 102 valence electrons. The van der Waals surface area contributed by atoms with Gasteiger partial charge in [0.2, 0.25) is 0 Å². The predicted molar refractivity (Wildman–Crippen MR) is 77.8 cm³/mol. The van der Waals surface area contributed by atoms with Crippen molar-refractivity contribution in [1.82, 2.24) is 5.32 Å². The summed E-state index contributed by atoms with van der Waals surface area (Å²) in [6.45, 7) is 4.85. The van der Waals surface area contributed by atoms with Crippen LogP contribution in [-0.2, 0) is 6.54 Å². The Labute approximate surface area is 120 Å². The van der Waals surface area contributed by atoms with Gasteiger partial charge in [0.1, 0.15) is 5.76 Å². The zero-order chi connectivity index (χ0) is 13.6. The summed E-state index contributed by atoms with van der Waals surface area (Å²) in [4.78, 5) is 0. The van der Waals surface area contributed by atoms with Crippen molar-refractivity contribution in [3.63, 3.8) is 0 Å². The van der Waals surface area contributed by atoms with E-state index in [2.05, 4.69) is 35.1 Å². The Balaban J connectivity index is 2.10. The highest BCUT2D eigenvalue weighted by Crippen LogP contribution is 2.47. The topological polar surface area (TPSA) is 25.2 Å². The molecule has 1 aromatic carbocycles. The van der Waals surface area contributed by atoms with E-state index >= 15 is 0 Å². The molecule has 0 amide bonds. The van der Waals surface area contributed by atoms with Crippen molar-refractivity contribution >= 4 is 26.9 Å². The van der Waals surface area contributed by atoms with Gasteiger partial charge in [0.25, 0.3) is 0 Å². The van der Waals surface area contributed by atoms with Gasteiger partial charge in [-0.25, -0.2) is 4.39 Å². The van der Waals surface area contributed by atoms with Gasteiger partial charge in [0, 0.05) is 21.5 Å². The summed E-state index contributed by atoms with van der Waals surface area (Å²) >= 11 is 3.36. The molecule has 3 rings (SSSR count). The van der Waals surface area contributed by atoms with Crippen LogP contribution in [0.3, 0.4) is 0 Å². The second kappa shape index (κ2) is 4.91. The van der Waals surface area contributed by atoms with E-state index in [1.807, 2.05) is 6.07 Å². The molecule has 1 saturated carbocycles. The molecule has 19 heavy (non-hydrogen) atoms. The number of nitrogens with one attached hydrogen (secondary N) is 1. The second-order valence-electron chi connectivity index (χ2n) is 5.51. The van der Waals surface area contributed by atoms with E-state index in [9.17, 15) is 4.39 Å². The van der Waals surface area contributed by atoms with E-state index in [0.717, 1.165) is 15.6 Å². The molecule has 0 bridgehead atoms. The molecular formula is C15H17BrFNO. The maximum atomic E-state index is 14.0. The Morgan fingerprint density at radius 2 is 2.16 bits per heavy atom. The number of rotatable bonds is 4. The van der Waals surface area contributed by atoms with E-state index in [0.29, 0.717) is 24.1 Å². The number of fused-ring (bicyclic) bond motifs is 1.